The number of aryl methyl sites for hydroxylation is 2. The van der Waals surface area contributed by atoms with E-state index < -0.39 is 0 Å². The van der Waals surface area contributed by atoms with Crippen LogP contribution in [-0.2, 0) is 24.1 Å². The van der Waals surface area contributed by atoms with Crippen LogP contribution in [0.1, 0.15) is 29.5 Å². The van der Waals surface area contributed by atoms with Crippen molar-refractivity contribution in [1.29, 1.82) is 0 Å². The van der Waals surface area contributed by atoms with Gasteiger partial charge in [-0.3, -0.25) is 4.79 Å². The van der Waals surface area contributed by atoms with E-state index in [0.29, 0.717) is 6.42 Å². The van der Waals surface area contributed by atoms with Gasteiger partial charge in [0.15, 0.2) is 5.13 Å². The molecule has 24 heavy (non-hydrogen) atoms. The Morgan fingerprint density at radius 3 is 2.62 bits per heavy atom. The maximum atomic E-state index is 12.6. The first-order valence-electron chi connectivity index (χ1n) is 8.82. The van der Waals surface area contributed by atoms with E-state index in [1.165, 1.54) is 42.4 Å². The second-order valence-electron chi connectivity index (χ2n) is 6.67. The molecule has 1 aromatic heterocycles. The molecule has 1 aliphatic heterocycles. The average Bonchev–Trinajstić information content (AvgIpc) is 3.16. The number of fused-ring (bicyclic) bond motifs is 1. The van der Waals surface area contributed by atoms with Gasteiger partial charge in [-0.25, -0.2) is 4.98 Å². The van der Waals surface area contributed by atoms with Crippen molar-refractivity contribution in [1.82, 2.24) is 9.88 Å². The van der Waals surface area contributed by atoms with Crippen molar-refractivity contribution in [3.63, 3.8) is 0 Å². The highest BCUT2D eigenvalue weighted by Gasteiger charge is 2.22. The smallest absolute Gasteiger partial charge is 0.227 e. The number of amides is 1. The summed E-state index contributed by atoms with van der Waals surface area (Å²) < 4.78 is 0. The van der Waals surface area contributed by atoms with Crippen molar-refractivity contribution in [3.05, 3.63) is 46.5 Å². The van der Waals surface area contributed by atoms with Crippen molar-refractivity contribution < 1.29 is 4.79 Å². The van der Waals surface area contributed by atoms with Crippen LogP contribution in [0.4, 0.5) is 5.13 Å². The zero-order valence-electron chi connectivity index (χ0n) is 13.9. The van der Waals surface area contributed by atoms with Crippen LogP contribution in [0, 0.1) is 0 Å². The number of hydrogen-bond acceptors (Lipinski definition) is 4. The number of nitrogens with zero attached hydrogens (tertiary/aromatic N) is 3. The Balaban J connectivity index is 1.35. The largest absolute Gasteiger partial charge is 0.345 e. The van der Waals surface area contributed by atoms with Crippen LogP contribution in [0.3, 0.4) is 0 Å². The van der Waals surface area contributed by atoms with E-state index in [1.807, 2.05) is 16.5 Å². The molecule has 0 N–H and O–H groups in total. The van der Waals surface area contributed by atoms with E-state index in [-0.39, 0.29) is 5.91 Å². The van der Waals surface area contributed by atoms with Gasteiger partial charge >= 0.3 is 0 Å². The lowest BCUT2D eigenvalue weighted by molar-refractivity contribution is -0.130. The number of aromatic nitrogens is 1. The highest BCUT2D eigenvalue weighted by Crippen LogP contribution is 2.23. The maximum Gasteiger partial charge on any atom is 0.227 e. The van der Waals surface area contributed by atoms with Crippen molar-refractivity contribution in [2.45, 2.75) is 32.1 Å². The van der Waals surface area contributed by atoms with Crippen LogP contribution in [0.2, 0.25) is 0 Å². The lowest BCUT2D eigenvalue weighted by Crippen LogP contribution is -2.49. The van der Waals surface area contributed by atoms with E-state index in [9.17, 15) is 4.79 Å². The third-order valence-electron chi connectivity index (χ3n) is 5.09. The second-order valence-corrected chi connectivity index (χ2v) is 7.54. The molecule has 2 aliphatic rings. The van der Waals surface area contributed by atoms with E-state index in [0.717, 1.165) is 31.3 Å². The molecule has 4 rings (SSSR count). The molecule has 126 valence electrons. The summed E-state index contributed by atoms with van der Waals surface area (Å²) in [4.78, 5) is 21.3. The van der Waals surface area contributed by atoms with Crippen LogP contribution >= 0.6 is 11.3 Å². The third-order valence-corrected chi connectivity index (χ3v) is 5.92. The molecule has 2 heterocycles. The molecule has 1 aromatic carbocycles. The molecule has 0 atom stereocenters. The summed E-state index contributed by atoms with van der Waals surface area (Å²) in [6.07, 6.45) is 7.32. The molecular weight excluding hydrogens is 318 g/mol. The number of rotatable bonds is 3. The van der Waals surface area contributed by atoms with Gasteiger partial charge in [0.1, 0.15) is 0 Å². The molecule has 0 bridgehead atoms. The maximum absolute atomic E-state index is 12.6. The van der Waals surface area contributed by atoms with Crippen molar-refractivity contribution in [2.75, 3.05) is 31.1 Å². The van der Waals surface area contributed by atoms with E-state index >= 15 is 0 Å². The summed E-state index contributed by atoms with van der Waals surface area (Å²) in [5.41, 5.74) is 4.11. The number of carbonyl (C=O) groups is 1. The number of thiazole rings is 1. The summed E-state index contributed by atoms with van der Waals surface area (Å²) in [6, 6.07) is 6.64. The predicted molar refractivity (Wildman–Crippen MR) is 97.7 cm³/mol. The van der Waals surface area contributed by atoms with Gasteiger partial charge < -0.3 is 9.80 Å². The number of piperazine rings is 1. The van der Waals surface area contributed by atoms with Gasteiger partial charge in [-0.1, -0.05) is 18.2 Å². The van der Waals surface area contributed by atoms with Gasteiger partial charge in [-0.2, -0.15) is 0 Å². The number of carbonyl (C=O) groups excluding carboxylic acids is 1. The van der Waals surface area contributed by atoms with Gasteiger partial charge in [0.05, 0.1) is 6.42 Å². The van der Waals surface area contributed by atoms with Crippen LogP contribution in [0.25, 0.3) is 0 Å². The number of benzene rings is 1. The monoisotopic (exact) mass is 341 g/mol. The first-order valence-corrected chi connectivity index (χ1v) is 9.70. The average molecular weight is 341 g/mol. The molecule has 1 fully saturated rings. The SMILES string of the molecule is O=C(Cc1ccc2c(c1)CCCC2)N1CCN(c2nccs2)CC1. The summed E-state index contributed by atoms with van der Waals surface area (Å²) in [7, 11) is 0. The summed E-state index contributed by atoms with van der Waals surface area (Å²) in [5, 5.41) is 3.07. The molecule has 1 aliphatic carbocycles. The third kappa shape index (κ3) is 3.31. The van der Waals surface area contributed by atoms with Gasteiger partial charge in [0.2, 0.25) is 5.91 Å². The van der Waals surface area contributed by atoms with Gasteiger partial charge in [0.25, 0.3) is 0 Å². The highest BCUT2D eigenvalue weighted by molar-refractivity contribution is 7.13. The van der Waals surface area contributed by atoms with Gasteiger partial charge in [-0.15, -0.1) is 11.3 Å². The van der Waals surface area contributed by atoms with Gasteiger partial charge in [0, 0.05) is 37.8 Å². The Hall–Kier alpha value is -1.88. The van der Waals surface area contributed by atoms with Gasteiger partial charge in [-0.05, 0) is 42.4 Å². The van der Waals surface area contributed by atoms with E-state index in [2.05, 4.69) is 28.1 Å². The molecule has 4 nitrogen and oxygen atoms in total. The summed E-state index contributed by atoms with van der Waals surface area (Å²) in [5.74, 6) is 0.254. The minimum Gasteiger partial charge on any atom is -0.345 e. The number of hydrogen-bond donors (Lipinski definition) is 0. The fraction of sp³-hybridized carbons (Fsp3) is 0.474. The topological polar surface area (TPSA) is 36.4 Å². The van der Waals surface area contributed by atoms with Crippen LogP contribution in [0.5, 0.6) is 0 Å². The molecule has 0 radical (unpaired) electrons. The summed E-state index contributed by atoms with van der Waals surface area (Å²) in [6.45, 7) is 3.35. The lowest BCUT2D eigenvalue weighted by Gasteiger charge is -2.34. The normalized spacial score (nSPS) is 17.7. The standard InChI is InChI=1S/C19H23N3OS/c23-18(14-15-5-6-16-3-1-2-4-17(16)13-15)21-8-10-22(11-9-21)19-20-7-12-24-19/h5-7,12-13H,1-4,8-11,14H2. The fourth-order valence-electron chi connectivity index (χ4n) is 3.70. The second kappa shape index (κ2) is 6.93. The van der Waals surface area contributed by atoms with Crippen LogP contribution in [0.15, 0.2) is 29.8 Å². The fourth-order valence-corrected chi connectivity index (χ4v) is 4.40. The minimum atomic E-state index is 0.254. The molecule has 1 saturated heterocycles. The first kappa shape index (κ1) is 15.6. The van der Waals surface area contributed by atoms with Crippen molar-refractivity contribution in [2.24, 2.45) is 0 Å². The van der Waals surface area contributed by atoms with Crippen molar-refractivity contribution in [3.8, 4) is 0 Å². The Bertz CT molecular complexity index is 705. The molecular formula is C19H23N3OS. The summed E-state index contributed by atoms with van der Waals surface area (Å²) >= 11 is 1.67. The molecule has 2 aromatic rings. The quantitative estimate of drug-likeness (QED) is 0.861. The molecule has 1 amide bonds. The molecule has 0 unspecified atom stereocenters. The zero-order valence-corrected chi connectivity index (χ0v) is 14.7. The lowest BCUT2D eigenvalue weighted by atomic mass is 9.90. The van der Waals surface area contributed by atoms with Crippen LogP contribution in [-0.4, -0.2) is 42.0 Å². The first-order chi connectivity index (χ1) is 11.8. The Labute approximate surface area is 147 Å². The molecule has 5 heteroatoms. The minimum absolute atomic E-state index is 0.254. The zero-order chi connectivity index (χ0) is 16.4. The Morgan fingerprint density at radius 1 is 1.08 bits per heavy atom. The highest BCUT2D eigenvalue weighted by atomic mass is 32.1. The predicted octanol–water partition coefficient (Wildman–Crippen LogP) is 2.91. The Morgan fingerprint density at radius 2 is 1.88 bits per heavy atom. The number of anilines is 1. The van der Waals surface area contributed by atoms with E-state index in [1.54, 1.807) is 11.3 Å². The molecule has 0 saturated carbocycles. The molecule has 0 spiro atoms. The van der Waals surface area contributed by atoms with E-state index in [4.69, 9.17) is 0 Å². The van der Waals surface area contributed by atoms with Crippen LogP contribution < -0.4 is 4.90 Å². The Kier molecular flexibility index (Phi) is 4.52. The van der Waals surface area contributed by atoms with Crippen molar-refractivity contribution >= 4 is 22.4 Å².